The predicted molar refractivity (Wildman–Crippen MR) is 94.6 cm³/mol. The molecule has 3 heterocycles. The Bertz CT molecular complexity index is 967. The fourth-order valence-corrected chi connectivity index (χ4v) is 2.39. The van der Waals surface area contributed by atoms with E-state index in [2.05, 4.69) is 16.0 Å². The van der Waals surface area contributed by atoms with Crippen LogP contribution in [0.15, 0.2) is 47.2 Å². The highest BCUT2D eigenvalue weighted by molar-refractivity contribution is 5.81. The minimum atomic E-state index is 0.146. The summed E-state index contributed by atoms with van der Waals surface area (Å²) >= 11 is 0. The molecule has 0 radical (unpaired) electrons. The van der Waals surface area contributed by atoms with Crippen molar-refractivity contribution < 1.29 is 9.15 Å². The van der Waals surface area contributed by atoms with E-state index in [0.717, 1.165) is 5.56 Å². The molecule has 3 aromatic rings. The third-order valence-corrected chi connectivity index (χ3v) is 3.66. The van der Waals surface area contributed by atoms with Gasteiger partial charge in [-0.25, -0.2) is 9.97 Å². The molecule has 0 bridgehead atoms. The maximum Gasteiger partial charge on any atom is 0.213 e. The molecule has 0 spiro atoms. The first-order valence-corrected chi connectivity index (χ1v) is 7.93. The summed E-state index contributed by atoms with van der Waals surface area (Å²) < 4.78 is 10.9. The fraction of sp³-hybridized carbons (Fsp3) is 0.158. The molecule has 3 aromatic heterocycles. The molecule has 0 saturated heterocycles. The van der Waals surface area contributed by atoms with Crippen molar-refractivity contribution in [2.24, 2.45) is 0 Å². The van der Waals surface area contributed by atoms with Crippen molar-refractivity contribution in [3.05, 3.63) is 48.4 Å². The number of nitriles is 2. The predicted octanol–water partition coefficient (Wildman–Crippen LogP) is 3.54. The Hall–Kier alpha value is -3.84. The summed E-state index contributed by atoms with van der Waals surface area (Å²) in [7, 11) is 0. The highest BCUT2D eigenvalue weighted by Crippen LogP contribution is 2.33. The number of hydrogen-bond acceptors (Lipinski definition) is 7. The van der Waals surface area contributed by atoms with E-state index in [9.17, 15) is 5.26 Å². The van der Waals surface area contributed by atoms with E-state index in [4.69, 9.17) is 20.1 Å². The van der Waals surface area contributed by atoms with Crippen LogP contribution in [0.2, 0.25) is 0 Å². The Morgan fingerprint density at radius 3 is 2.77 bits per heavy atom. The zero-order valence-corrected chi connectivity index (χ0v) is 13.8. The summed E-state index contributed by atoms with van der Waals surface area (Å²) in [6.45, 7) is 0.430. The van der Waals surface area contributed by atoms with Gasteiger partial charge in [-0.2, -0.15) is 10.5 Å². The maximum absolute atomic E-state index is 9.24. The van der Waals surface area contributed by atoms with Crippen molar-refractivity contribution in [3.63, 3.8) is 0 Å². The van der Waals surface area contributed by atoms with Gasteiger partial charge in [-0.1, -0.05) is 0 Å². The molecular formula is C19H15N5O2. The number of rotatable bonds is 6. The number of hydrogen-bond donors (Lipinski definition) is 1. The SMILES string of the molecule is N#CCCCOc1ccc(-c2cc(C#N)c(N)nc2-c2ccco2)cn1. The molecule has 0 aliphatic carbocycles. The number of unbranched alkanes of at least 4 members (excludes halogenated alkanes) is 1. The standard InChI is InChI=1S/C19H15N5O2/c20-7-1-2-8-26-17-6-5-13(12-23-17)15-10-14(11-21)19(22)24-18(15)16-4-3-9-25-16/h3-6,9-10,12H,1-2,8H2,(H2,22,24). The summed E-state index contributed by atoms with van der Waals surface area (Å²) in [4.78, 5) is 8.60. The Labute approximate surface area is 150 Å². The molecule has 128 valence electrons. The molecule has 0 atom stereocenters. The van der Waals surface area contributed by atoms with Gasteiger partial charge in [0.25, 0.3) is 0 Å². The summed E-state index contributed by atoms with van der Waals surface area (Å²) in [5, 5.41) is 17.8. The van der Waals surface area contributed by atoms with Gasteiger partial charge in [0.15, 0.2) is 5.76 Å². The normalized spacial score (nSPS) is 10.1. The molecule has 0 aliphatic rings. The lowest BCUT2D eigenvalue weighted by molar-refractivity contribution is 0.301. The first-order valence-electron chi connectivity index (χ1n) is 7.93. The van der Waals surface area contributed by atoms with Crippen molar-refractivity contribution in [3.8, 4) is 40.6 Å². The van der Waals surface area contributed by atoms with Crippen LogP contribution < -0.4 is 10.5 Å². The molecule has 0 aromatic carbocycles. The average molecular weight is 345 g/mol. The van der Waals surface area contributed by atoms with Gasteiger partial charge in [-0.3, -0.25) is 0 Å². The summed E-state index contributed by atoms with van der Waals surface area (Å²) in [6.07, 6.45) is 4.28. The van der Waals surface area contributed by atoms with Crippen LogP contribution in [0, 0.1) is 22.7 Å². The summed E-state index contributed by atoms with van der Waals surface area (Å²) in [5.41, 5.74) is 8.12. The van der Waals surface area contributed by atoms with Gasteiger partial charge in [0.2, 0.25) is 5.88 Å². The van der Waals surface area contributed by atoms with Crippen molar-refractivity contribution in [1.29, 1.82) is 10.5 Å². The fourth-order valence-electron chi connectivity index (χ4n) is 2.39. The summed E-state index contributed by atoms with van der Waals surface area (Å²) in [5.74, 6) is 1.16. The minimum Gasteiger partial charge on any atom is -0.478 e. The van der Waals surface area contributed by atoms with E-state index >= 15 is 0 Å². The molecule has 0 fully saturated rings. The molecule has 7 heteroatoms. The van der Waals surface area contributed by atoms with Gasteiger partial charge in [0, 0.05) is 29.8 Å². The highest BCUT2D eigenvalue weighted by atomic mass is 16.5. The summed E-state index contributed by atoms with van der Waals surface area (Å²) in [6, 6.07) is 12.9. The Morgan fingerprint density at radius 1 is 1.23 bits per heavy atom. The van der Waals surface area contributed by atoms with Crippen molar-refractivity contribution in [1.82, 2.24) is 9.97 Å². The second kappa shape index (κ2) is 7.82. The molecular weight excluding hydrogens is 330 g/mol. The van der Waals surface area contributed by atoms with Crippen LogP contribution in [-0.2, 0) is 0 Å². The zero-order valence-electron chi connectivity index (χ0n) is 13.8. The van der Waals surface area contributed by atoms with Gasteiger partial charge >= 0.3 is 0 Å². The smallest absolute Gasteiger partial charge is 0.213 e. The molecule has 7 nitrogen and oxygen atoms in total. The van der Waals surface area contributed by atoms with E-state index < -0.39 is 0 Å². The van der Waals surface area contributed by atoms with Gasteiger partial charge in [0.05, 0.1) is 24.5 Å². The average Bonchev–Trinajstić information content (AvgIpc) is 3.20. The van der Waals surface area contributed by atoms with E-state index in [1.807, 2.05) is 12.1 Å². The van der Waals surface area contributed by atoms with E-state index in [0.29, 0.717) is 42.3 Å². The largest absolute Gasteiger partial charge is 0.478 e. The van der Waals surface area contributed by atoms with Crippen LogP contribution in [-0.4, -0.2) is 16.6 Å². The second-order valence-corrected chi connectivity index (χ2v) is 5.40. The first-order chi connectivity index (χ1) is 12.7. The Kier molecular flexibility index (Phi) is 5.11. The monoisotopic (exact) mass is 345 g/mol. The zero-order chi connectivity index (χ0) is 18.4. The number of nitrogens with zero attached hydrogens (tertiary/aromatic N) is 4. The lowest BCUT2D eigenvalue weighted by Gasteiger charge is -2.10. The topological polar surface area (TPSA) is 122 Å². The second-order valence-electron chi connectivity index (χ2n) is 5.40. The third-order valence-electron chi connectivity index (χ3n) is 3.66. The highest BCUT2D eigenvalue weighted by Gasteiger charge is 2.16. The van der Waals surface area contributed by atoms with E-state index in [1.165, 1.54) is 0 Å². The van der Waals surface area contributed by atoms with Crippen LogP contribution in [0.25, 0.3) is 22.6 Å². The molecule has 0 amide bonds. The van der Waals surface area contributed by atoms with E-state index in [1.54, 1.807) is 36.7 Å². The molecule has 0 unspecified atom stereocenters. The number of nitrogen functional groups attached to an aromatic ring is 1. The van der Waals surface area contributed by atoms with Crippen molar-refractivity contribution >= 4 is 5.82 Å². The number of nitrogens with two attached hydrogens (primary N) is 1. The third kappa shape index (κ3) is 3.63. The van der Waals surface area contributed by atoms with Crippen LogP contribution in [0.4, 0.5) is 5.82 Å². The lowest BCUT2D eigenvalue weighted by atomic mass is 10.0. The molecule has 0 saturated carbocycles. The maximum atomic E-state index is 9.24. The van der Waals surface area contributed by atoms with E-state index in [-0.39, 0.29) is 11.4 Å². The molecule has 3 rings (SSSR count). The number of aromatic nitrogens is 2. The van der Waals surface area contributed by atoms with Gasteiger partial charge in [-0.05, 0) is 30.7 Å². The number of ether oxygens (including phenoxy) is 1. The van der Waals surface area contributed by atoms with Gasteiger partial charge in [0.1, 0.15) is 17.6 Å². The van der Waals surface area contributed by atoms with Crippen LogP contribution in [0.3, 0.4) is 0 Å². The molecule has 26 heavy (non-hydrogen) atoms. The van der Waals surface area contributed by atoms with Crippen LogP contribution >= 0.6 is 0 Å². The number of pyridine rings is 2. The van der Waals surface area contributed by atoms with Crippen molar-refractivity contribution in [2.75, 3.05) is 12.3 Å². The number of anilines is 1. The quantitative estimate of drug-likeness (QED) is 0.678. The van der Waals surface area contributed by atoms with Gasteiger partial charge < -0.3 is 14.9 Å². The first kappa shape index (κ1) is 17.0. The minimum absolute atomic E-state index is 0.146. The Morgan fingerprint density at radius 2 is 2.12 bits per heavy atom. The number of furan rings is 1. The lowest BCUT2D eigenvalue weighted by Crippen LogP contribution is -2.00. The van der Waals surface area contributed by atoms with Crippen molar-refractivity contribution in [2.45, 2.75) is 12.8 Å². The van der Waals surface area contributed by atoms with Crippen LogP contribution in [0.1, 0.15) is 18.4 Å². The molecule has 0 aliphatic heterocycles. The molecule has 2 N–H and O–H groups in total. The van der Waals surface area contributed by atoms with Gasteiger partial charge in [-0.15, -0.1) is 0 Å². The van der Waals surface area contributed by atoms with Crippen LogP contribution in [0.5, 0.6) is 5.88 Å². The Balaban J connectivity index is 1.93.